The lowest BCUT2D eigenvalue weighted by Gasteiger charge is -2.15. The minimum atomic E-state index is -0.683. The Labute approximate surface area is 117 Å². The zero-order chi connectivity index (χ0) is 14.0. The number of aryl methyl sites for hydroxylation is 2. The topological polar surface area (TPSA) is 20.2 Å². The van der Waals surface area contributed by atoms with Crippen molar-refractivity contribution in [2.45, 2.75) is 26.4 Å². The monoisotopic (exact) mass is 278 g/mol. The summed E-state index contributed by atoms with van der Waals surface area (Å²) in [5, 5.41) is 10.3. The van der Waals surface area contributed by atoms with Gasteiger partial charge in [0.2, 0.25) is 0 Å². The highest BCUT2D eigenvalue weighted by Gasteiger charge is 2.13. The van der Waals surface area contributed by atoms with E-state index < -0.39 is 11.9 Å². The fourth-order valence-corrected chi connectivity index (χ4v) is 2.39. The molecular formula is C16H16ClFO. The first-order valence-corrected chi connectivity index (χ1v) is 6.55. The van der Waals surface area contributed by atoms with Crippen molar-refractivity contribution >= 4 is 11.6 Å². The fraction of sp³-hybridized carbons (Fsp3) is 0.250. The van der Waals surface area contributed by atoms with Gasteiger partial charge in [0.1, 0.15) is 5.82 Å². The predicted molar refractivity (Wildman–Crippen MR) is 76.0 cm³/mol. The first-order valence-electron chi connectivity index (χ1n) is 6.17. The molecule has 2 aromatic carbocycles. The Morgan fingerprint density at radius 3 is 2.37 bits per heavy atom. The van der Waals surface area contributed by atoms with Crippen LogP contribution in [0.25, 0.3) is 0 Å². The van der Waals surface area contributed by atoms with Crippen LogP contribution in [0.3, 0.4) is 0 Å². The lowest BCUT2D eigenvalue weighted by Crippen LogP contribution is -2.05. The van der Waals surface area contributed by atoms with Crippen molar-refractivity contribution in [1.82, 2.24) is 0 Å². The average Bonchev–Trinajstić information content (AvgIpc) is 2.37. The quantitative estimate of drug-likeness (QED) is 0.884. The first kappa shape index (κ1) is 14.0. The maximum Gasteiger partial charge on any atom is 0.141 e. The largest absolute Gasteiger partial charge is 0.388 e. The van der Waals surface area contributed by atoms with E-state index >= 15 is 0 Å². The molecule has 0 bridgehead atoms. The smallest absolute Gasteiger partial charge is 0.141 e. The number of hydrogen-bond donors (Lipinski definition) is 1. The maximum atomic E-state index is 13.1. The van der Waals surface area contributed by atoms with Gasteiger partial charge in [0.15, 0.2) is 0 Å². The summed E-state index contributed by atoms with van der Waals surface area (Å²) < 4.78 is 13.1. The van der Waals surface area contributed by atoms with E-state index in [0.717, 1.165) is 16.7 Å². The summed E-state index contributed by atoms with van der Waals surface area (Å²) in [4.78, 5) is 0. The molecule has 1 atom stereocenters. The van der Waals surface area contributed by atoms with Crippen molar-refractivity contribution in [3.63, 3.8) is 0 Å². The molecule has 0 aliphatic carbocycles. The van der Waals surface area contributed by atoms with Gasteiger partial charge in [0.25, 0.3) is 0 Å². The molecule has 3 heteroatoms. The Hall–Kier alpha value is -1.38. The highest BCUT2D eigenvalue weighted by atomic mass is 35.5. The normalized spacial score (nSPS) is 12.5. The van der Waals surface area contributed by atoms with E-state index in [1.807, 2.05) is 32.0 Å². The minimum Gasteiger partial charge on any atom is -0.388 e. The minimum absolute atomic E-state index is 0.0399. The molecule has 0 heterocycles. The van der Waals surface area contributed by atoms with Crippen molar-refractivity contribution in [3.05, 3.63) is 69.5 Å². The number of aliphatic hydroxyl groups is 1. The summed E-state index contributed by atoms with van der Waals surface area (Å²) in [6.07, 6.45) is -0.182. The van der Waals surface area contributed by atoms with Crippen LogP contribution in [0.2, 0.25) is 5.02 Å². The van der Waals surface area contributed by atoms with Crippen LogP contribution in [0, 0.1) is 19.7 Å². The van der Waals surface area contributed by atoms with Gasteiger partial charge in [-0.3, -0.25) is 0 Å². The summed E-state index contributed by atoms with van der Waals surface area (Å²) in [6, 6.07) is 10.4. The van der Waals surface area contributed by atoms with E-state index in [0.29, 0.717) is 12.0 Å². The third-order valence-electron chi connectivity index (χ3n) is 3.37. The predicted octanol–water partition coefficient (Wildman–Crippen LogP) is 4.37. The molecular weight excluding hydrogens is 263 g/mol. The second kappa shape index (κ2) is 5.72. The van der Waals surface area contributed by atoms with E-state index in [1.165, 1.54) is 12.1 Å². The second-order valence-corrected chi connectivity index (χ2v) is 5.17. The third kappa shape index (κ3) is 3.14. The lowest BCUT2D eigenvalue weighted by atomic mass is 9.94. The number of rotatable bonds is 3. The third-order valence-corrected chi connectivity index (χ3v) is 3.66. The van der Waals surface area contributed by atoms with E-state index in [9.17, 15) is 9.50 Å². The SMILES string of the molecule is Cc1cccc(C)c1CC(O)c1ccc(F)c(Cl)c1. The number of benzene rings is 2. The molecule has 0 aromatic heterocycles. The van der Waals surface area contributed by atoms with Crippen LogP contribution in [0.15, 0.2) is 36.4 Å². The molecule has 0 saturated heterocycles. The molecule has 0 radical (unpaired) electrons. The Bertz CT molecular complexity index is 575. The fourth-order valence-electron chi connectivity index (χ4n) is 2.20. The van der Waals surface area contributed by atoms with Crippen LogP contribution < -0.4 is 0 Å². The standard InChI is InChI=1S/C16H16ClFO/c1-10-4-3-5-11(2)13(10)9-16(19)12-6-7-15(18)14(17)8-12/h3-8,16,19H,9H2,1-2H3. The molecule has 2 aromatic rings. The van der Waals surface area contributed by atoms with Gasteiger partial charge in [-0.1, -0.05) is 35.9 Å². The summed E-state index contributed by atoms with van der Waals surface area (Å²) in [6.45, 7) is 4.04. The van der Waals surface area contributed by atoms with E-state index in [-0.39, 0.29) is 5.02 Å². The van der Waals surface area contributed by atoms with Crippen LogP contribution >= 0.6 is 11.6 Å². The van der Waals surface area contributed by atoms with Gasteiger partial charge in [-0.2, -0.15) is 0 Å². The summed E-state index contributed by atoms with van der Waals surface area (Å²) in [5.74, 6) is -0.468. The van der Waals surface area contributed by atoms with Crippen molar-refractivity contribution < 1.29 is 9.50 Å². The van der Waals surface area contributed by atoms with Gasteiger partial charge in [-0.25, -0.2) is 4.39 Å². The van der Waals surface area contributed by atoms with Gasteiger partial charge >= 0.3 is 0 Å². The van der Waals surface area contributed by atoms with Gasteiger partial charge in [0.05, 0.1) is 11.1 Å². The molecule has 1 N–H and O–H groups in total. The zero-order valence-electron chi connectivity index (χ0n) is 11.0. The molecule has 100 valence electrons. The molecule has 0 aliphatic heterocycles. The molecule has 2 rings (SSSR count). The lowest BCUT2D eigenvalue weighted by molar-refractivity contribution is 0.178. The Morgan fingerprint density at radius 2 is 1.79 bits per heavy atom. The van der Waals surface area contributed by atoms with Crippen LogP contribution in [-0.4, -0.2) is 5.11 Å². The highest BCUT2D eigenvalue weighted by molar-refractivity contribution is 6.30. The average molecular weight is 279 g/mol. The number of hydrogen-bond acceptors (Lipinski definition) is 1. The van der Waals surface area contributed by atoms with E-state index in [4.69, 9.17) is 11.6 Å². The Balaban J connectivity index is 2.25. The van der Waals surface area contributed by atoms with Crippen molar-refractivity contribution in [2.24, 2.45) is 0 Å². The molecule has 0 aliphatic rings. The van der Waals surface area contributed by atoms with Crippen LogP contribution in [0.1, 0.15) is 28.4 Å². The molecule has 0 saturated carbocycles. The highest BCUT2D eigenvalue weighted by Crippen LogP contribution is 2.25. The van der Waals surface area contributed by atoms with Gasteiger partial charge in [-0.05, 0) is 48.2 Å². The van der Waals surface area contributed by atoms with Crippen LogP contribution in [0.5, 0.6) is 0 Å². The Morgan fingerprint density at radius 1 is 1.16 bits per heavy atom. The second-order valence-electron chi connectivity index (χ2n) is 4.76. The van der Waals surface area contributed by atoms with Gasteiger partial charge in [-0.15, -0.1) is 0 Å². The molecule has 19 heavy (non-hydrogen) atoms. The van der Waals surface area contributed by atoms with Gasteiger partial charge < -0.3 is 5.11 Å². The van der Waals surface area contributed by atoms with E-state index in [2.05, 4.69) is 0 Å². The summed E-state index contributed by atoms with van der Waals surface area (Å²) in [7, 11) is 0. The van der Waals surface area contributed by atoms with E-state index in [1.54, 1.807) is 6.07 Å². The molecule has 1 nitrogen and oxygen atoms in total. The molecule has 0 amide bonds. The van der Waals surface area contributed by atoms with Crippen molar-refractivity contribution in [3.8, 4) is 0 Å². The molecule has 1 unspecified atom stereocenters. The molecule has 0 fully saturated rings. The zero-order valence-corrected chi connectivity index (χ0v) is 11.7. The maximum absolute atomic E-state index is 13.1. The van der Waals surface area contributed by atoms with Gasteiger partial charge in [0, 0.05) is 6.42 Å². The number of halogens is 2. The number of aliphatic hydroxyl groups excluding tert-OH is 1. The first-order chi connectivity index (χ1) is 8.99. The van der Waals surface area contributed by atoms with Crippen LogP contribution in [-0.2, 0) is 6.42 Å². The summed E-state index contributed by atoms with van der Waals surface area (Å²) in [5.41, 5.74) is 4.05. The Kier molecular flexibility index (Phi) is 4.23. The molecule has 0 spiro atoms. The summed E-state index contributed by atoms with van der Waals surface area (Å²) >= 11 is 5.74. The van der Waals surface area contributed by atoms with Crippen molar-refractivity contribution in [2.75, 3.05) is 0 Å². The van der Waals surface area contributed by atoms with Crippen molar-refractivity contribution in [1.29, 1.82) is 0 Å². The van der Waals surface area contributed by atoms with Crippen LogP contribution in [0.4, 0.5) is 4.39 Å².